The normalized spacial score (nSPS) is 16.5. The van der Waals surface area contributed by atoms with Gasteiger partial charge in [-0.25, -0.2) is 9.59 Å². The number of carboxylic acid groups (broad SMARTS) is 2. The molecular formula is C27H34BrN3O6. The highest BCUT2D eigenvalue weighted by Crippen LogP contribution is 2.29. The standard InChI is InChI=1S/C25H32BrN3O2.C2H2O4/c1-2-31-24-9-4-3-8-23(24)28-14-16-29(17-15-28)25(30)21-10-12-27(13-11-21)19-20-6-5-7-22(26)18-20;3-1(4)2(5)6/h3-9,18,21H,2,10-17,19H2,1H3;(H,3,4)(H,5,6). The highest BCUT2D eigenvalue weighted by molar-refractivity contribution is 9.10. The van der Waals surface area contributed by atoms with Crippen LogP contribution in [0.25, 0.3) is 0 Å². The van der Waals surface area contributed by atoms with Gasteiger partial charge < -0.3 is 24.7 Å². The van der Waals surface area contributed by atoms with Gasteiger partial charge in [0.25, 0.3) is 0 Å². The van der Waals surface area contributed by atoms with Gasteiger partial charge >= 0.3 is 11.9 Å². The van der Waals surface area contributed by atoms with Crippen LogP contribution >= 0.6 is 15.9 Å². The molecule has 10 heteroatoms. The number of halogens is 1. The van der Waals surface area contributed by atoms with Crippen LogP contribution in [-0.2, 0) is 20.9 Å². The van der Waals surface area contributed by atoms with Crippen LogP contribution in [-0.4, -0.2) is 83.7 Å². The van der Waals surface area contributed by atoms with Crippen molar-refractivity contribution >= 4 is 39.5 Å². The Kier molecular flexibility index (Phi) is 10.8. The van der Waals surface area contributed by atoms with E-state index < -0.39 is 11.9 Å². The van der Waals surface area contributed by atoms with E-state index in [1.165, 1.54) is 5.56 Å². The van der Waals surface area contributed by atoms with Crippen molar-refractivity contribution in [1.82, 2.24) is 9.80 Å². The largest absolute Gasteiger partial charge is 0.492 e. The van der Waals surface area contributed by atoms with Crippen molar-refractivity contribution < 1.29 is 29.3 Å². The van der Waals surface area contributed by atoms with E-state index in [1.54, 1.807) is 0 Å². The summed E-state index contributed by atoms with van der Waals surface area (Å²) >= 11 is 3.55. The number of ether oxygens (including phenoxy) is 1. The molecule has 0 saturated carbocycles. The summed E-state index contributed by atoms with van der Waals surface area (Å²) < 4.78 is 6.91. The van der Waals surface area contributed by atoms with Crippen LogP contribution in [0.2, 0.25) is 0 Å². The molecule has 0 aromatic heterocycles. The Balaban J connectivity index is 0.000000568. The summed E-state index contributed by atoms with van der Waals surface area (Å²) in [6, 6.07) is 16.7. The summed E-state index contributed by atoms with van der Waals surface area (Å²) in [5.41, 5.74) is 2.46. The highest BCUT2D eigenvalue weighted by atomic mass is 79.9. The molecule has 2 heterocycles. The monoisotopic (exact) mass is 575 g/mol. The summed E-state index contributed by atoms with van der Waals surface area (Å²) in [4.78, 5) is 38.2. The highest BCUT2D eigenvalue weighted by Gasteiger charge is 2.31. The van der Waals surface area contributed by atoms with Crippen LogP contribution in [0.4, 0.5) is 5.69 Å². The Morgan fingerprint density at radius 3 is 2.16 bits per heavy atom. The van der Waals surface area contributed by atoms with Gasteiger partial charge in [-0.2, -0.15) is 0 Å². The van der Waals surface area contributed by atoms with Gasteiger partial charge in [0.15, 0.2) is 0 Å². The smallest absolute Gasteiger partial charge is 0.414 e. The Hall–Kier alpha value is -3.11. The molecular weight excluding hydrogens is 542 g/mol. The lowest BCUT2D eigenvalue weighted by molar-refractivity contribution is -0.159. The molecule has 200 valence electrons. The van der Waals surface area contributed by atoms with Crippen molar-refractivity contribution in [1.29, 1.82) is 0 Å². The topological polar surface area (TPSA) is 111 Å². The molecule has 1 amide bonds. The van der Waals surface area contributed by atoms with Gasteiger partial charge in [-0.05, 0) is 62.7 Å². The van der Waals surface area contributed by atoms with Crippen LogP contribution < -0.4 is 9.64 Å². The zero-order valence-corrected chi connectivity index (χ0v) is 22.6. The van der Waals surface area contributed by atoms with Gasteiger partial charge in [0.1, 0.15) is 5.75 Å². The lowest BCUT2D eigenvalue weighted by Crippen LogP contribution is -2.51. The first kappa shape index (κ1) is 28.5. The van der Waals surface area contributed by atoms with E-state index in [4.69, 9.17) is 24.5 Å². The van der Waals surface area contributed by atoms with Crippen molar-refractivity contribution in [3.05, 3.63) is 58.6 Å². The third kappa shape index (κ3) is 8.46. The minimum absolute atomic E-state index is 0.168. The number of piperidine rings is 1. The molecule has 0 spiro atoms. The minimum Gasteiger partial charge on any atom is -0.492 e. The number of carboxylic acids is 2. The Labute approximate surface area is 225 Å². The summed E-state index contributed by atoms with van der Waals surface area (Å²) in [5.74, 6) is -2.20. The van der Waals surface area contributed by atoms with Gasteiger partial charge in [-0.15, -0.1) is 0 Å². The van der Waals surface area contributed by atoms with Gasteiger partial charge in [-0.3, -0.25) is 9.69 Å². The summed E-state index contributed by atoms with van der Waals surface area (Å²) in [7, 11) is 0. The summed E-state index contributed by atoms with van der Waals surface area (Å²) in [5, 5.41) is 14.8. The third-order valence-electron chi connectivity index (χ3n) is 6.51. The molecule has 2 N–H and O–H groups in total. The number of amides is 1. The Morgan fingerprint density at radius 2 is 1.57 bits per heavy atom. The second-order valence-electron chi connectivity index (χ2n) is 9.00. The molecule has 37 heavy (non-hydrogen) atoms. The van der Waals surface area contributed by atoms with Crippen LogP contribution in [0.3, 0.4) is 0 Å². The first-order chi connectivity index (χ1) is 17.8. The number of hydrogen-bond acceptors (Lipinski definition) is 6. The first-order valence-corrected chi connectivity index (χ1v) is 13.3. The number of carbonyl (C=O) groups is 3. The van der Waals surface area contributed by atoms with Crippen LogP contribution in [0.5, 0.6) is 5.75 Å². The average Bonchev–Trinajstić information content (AvgIpc) is 2.90. The number of rotatable bonds is 6. The molecule has 2 fully saturated rings. The predicted octanol–water partition coefficient (Wildman–Crippen LogP) is 3.56. The Morgan fingerprint density at radius 1 is 0.919 bits per heavy atom. The molecule has 0 unspecified atom stereocenters. The fourth-order valence-electron chi connectivity index (χ4n) is 4.65. The summed E-state index contributed by atoms with van der Waals surface area (Å²) in [6.45, 7) is 8.91. The number of likely N-dealkylation sites (tertiary alicyclic amines) is 1. The van der Waals surface area contributed by atoms with Crippen molar-refractivity contribution in [3.63, 3.8) is 0 Å². The second kappa shape index (κ2) is 14.0. The Bertz CT molecular complexity index is 1050. The lowest BCUT2D eigenvalue weighted by Gasteiger charge is -2.39. The fourth-order valence-corrected chi connectivity index (χ4v) is 5.10. The number of hydrogen-bond donors (Lipinski definition) is 2. The van der Waals surface area contributed by atoms with E-state index >= 15 is 0 Å². The molecule has 9 nitrogen and oxygen atoms in total. The molecule has 4 rings (SSSR count). The number of nitrogens with zero attached hydrogens (tertiary/aromatic N) is 3. The average molecular weight is 576 g/mol. The van der Waals surface area contributed by atoms with Crippen molar-refractivity contribution in [3.8, 4) is 5.75 Å². The van der Waals surface area contributed by atoms with Gasteiger partial charge in [0, 0.05) is 43.1 Å². The van der Waals surface area contributed by atoms with Crippen molar-refractivity contribution in [2.75, 3.05) is 50.8 Å². The SMILES string of the molecule is CCOc1ccccc1N1CCN(C(=O)C2CCN(Cc3cccc(Br)c3)CC2)CC1.O=C(O)C(=O)O. The number of anilines is 1. The van der Waals surface area contributed by atoms with Gasteiger partial charge in [0.2, 0.25) is 5.91 Å². The maximum atomic E-state index is 13.1. The van der Waals surface area contributed by atoms with E-state index in [2.05, 4.69) is 67.0 Å². The molecule has 2 saturated heterocycles. The van der Waals surface area contributed by atoms with E-state index in [-0.39, 0.29) is 5.92 Å². The molecule has 2 aliphatic heterocycles. The predicted molar refractivity (Wildman–Crippen MR) is 144 cm³/mol. The molecule has 2 aromatic carbocycles. The zero-order chi connectivity index (χ0) is 26.8. The van der Waals surface area contributed by atoms with E-state index in [0.29, 0.717) is 12.5 Å². The maximum Gasteiger partial charge on any atom is 0.414 e. The van der Waals surface area contributed by atoms with E-state index in [9.17, 15) is 4.79 Å². The first-order valence-electron chi connectivity index (χ1n) is 12.5. The van der Waals surface area contributed by atoms with Crippen LogP contribution in [0.15, 0.2) is 53.0 Å². The van der Waals surface area contributed by atoms with E-state index in [0.717, 1.165) is 74.6 Å². The second-order valence-corrected chi connectivity index (χ2v) is 9.92. The molecule has 0 atom stereocenters. The third-order valence-corrected chi connectivity index (χ3v) is 7.01. The molecule has 0 radical (unpaired) electrons. The number of aliphatic carboxylic acids is 2. The van der Waals surface area contributed by atoms with E-state index in [1.807, 2.05) is 19.1 Å². The number of benzene rings is 2. The molecule has 0 aliphatic carbocycles. The molecule has 2 aliphatic rings. The van der Waals surface area contributed by atoms with Gasteiger partial charge in [-0.1, -0.05) is 40.2 Å². The quantitative estimate of drug-likeness (QED) is 0.503. The van der Waals surface area contributed by atoms with Crippen LogP contribution in [0, 0.1) is 5.92 Å². The van der Waals surface area contributed by atoms with Crippen molar-refractivity contribution in [2.45, 2.75) is 26.3 Å². The molecule has 0 bridgehead atoms. The zero-order valence-electron chi connectivity index (χ0n) is 21.0. The van der Waals surface area contributed by atoms with Gasteiger partial charge in [0.05, 0.1) is 12.3 Å². The minimum atomic E-state index is -1.82. The fraction of sp³-hybridized carbons (Fsp3) is 0.444. The maximum absolute atomic E-state index is 13.1. The number of para-hydroxylation sites is 2. The number of piperazine rings is 1. The number of carbonyl (C=O) groups excluding carboxylic acids is 1. The molecule has 2 aromatic rings. The van der Waals surface area contributed by atoms with Crippen molar-refractivity contribution in [2.24, 2.45) is 5.92 Å². The lowest BCUT2D eigenvalue weighted by atomic mass is 9.94. The summed E-state index contributed by atoms with van der Waals surface area (Å²) in [6.07, 6.45) is 1.92. The van der Waals surface area contributed by atoms with Crippen LogP contribution in [0.1, 0.15) is 25.3 Å².